The van der Waals surface area contributed by atoms with Gasteiger partial charge in [0.2, 0.25) is 5.91 Å². The molecule has 0 spiro atoms. The number of benzene rings is 2. The Hall–Kier alpha value is -3.42. The van der Waals surface area contributed by atoms with Gasteiger partial charge in [0.1, 0.15) is 0 Å². The second-order valence-electron chi connectivity index (χ2n) is 6.54. The minimum Gasteiger partial charge on any atom is -0.502 e. The van der Waals surface area contributed by atoms with Crippen molar-refractivity contribution < 1.29 is 27.5 Å². The van der Waals surface area contributed by atoms with E-state index in [1.807, 2.05) is 0 Å². The number of carbonyl (C=O) groups is 2. The molecule has 2 amide bonds. The SMILES string of the molecule is C=COCCCN=CC1C(=O)N(c2cccc(C(F)(F)F)c2)C(=O)c2ccccc21. The fourth-order valence-electron chi connectivity index (χ4n) is 3.17. The summed E-state index contributed by atoms with van der Waals surface area (Å²) < 4.78 is 44.3. The van der Waals surface area contributed by atoms with Crippen LogP contribution in [-0.4, -0.2) is 31.2 Å². The molecule has 1 aliphatic heterocycles. The first-order valence-electron chi connectivity index (χ1n) is 9.21. The van der Waals surface area contributed by atoms with Crippen molar-refractivity contribution in [1.82, 2.24) is 0 Å². The first kappa shape index (κ1) is 21.3. The molecule has 0 aliphatic carbocycles. The zero-order chi connectivity index (χ0) is 21.7. The summed E-state index contributed by atoms with van der Waals surface area (Å²) in [6.07, 6.45) is -1.24. The third-order valence-electron chi connectivity index (χ3n) is 4.57. The lowest BCUT2D eigenvalue weighted by molar-refractivity contribution is -0.137. The van der Waals surface area contributed by atoms with Crippen molar-refractivity contribution in [3.63, 3.8) is 0 Å². The molecule has 0 N–H and O–H groups in total. The minimum absolute atomic E-state index is 0.132. The number of halogens is 3. The van der Waals surface area contributed by atoms with E-state index < -0.39 is 29.5 Å². The van der Waals surface area contributed by atoms with Crippen molar-refractivity contribution in [3.05, 3.63) is 78.1 Å². The van der Waals surface area contributed by atoms with E-state index in [2.05, 4.69) is 11.6 Å². The van der Waals surface area contributed by atoms with Gasteiger partial charge in [-0.2, -0.15) is 13.2 Å². The molecule has 1 aliphatic rings. The summed E-state index contributed by atoms with van der Waals surface area (Å²) in [6, 6.07) is 10.7. The van der Waals surface area contributed by atoms with Gasteiger partial charge in [-0.1, -0.05) is 30.8 Å². The summed E-state index contributed by atoms with van der Waals surface area (Å²) in [6.45, 7) is 4.25. The molecular formula is C22H19F3N2O3. The highest BCUT2D eigenvalue weighted by Crippen LogP contribution is 2.35. The van der Waals surface area contributed by atoms with Gasteiger partial charge in [-0.25, -0.2) is 4.90 Å². The zero-order valence-corrected chi connectivity index (χ0v) is 15.9. The van der Waals surface area contributed by atoms with E-state index in [4.69, 9.17) is 4.74 Å². The summed E-state index contributed by atoms with van der Waals surface area (Å²) in [5.74, 6) is -2.20. The third kappa shape index (κ3) is 4.42. The number of hydrogen-bond acceptors (Lipinski definition) is 4. The van der Waals surface area contributed by atoms with Crippen LogP contribution in [0.15, 0.2) is 66.4 Å². The molecule has 0 bridgehead atoms. The highest BCUT2D eigenvalue weighted by molar-refractivity contribution is 6.29. The van der Waals surface area contributed by atoms with Crippen molar-refractivity contribution in [2.75, 3.05) is 18.1 Å². The Kier molecular flexibility index (Phi) is 6.34. The summed E-state index contributed by atoms with van der Waals surface area (Å²) in [7, 11) is 0. The predicted octanol–water partition coefficient (Wildman–Crippen LogP) is 4.60. The minimum atomic E-state index is -4.59. The number of imide groups is 1. The summed E-state index contributed by atoms with van der Waals surface area (Å²) >= 11 is 0. The first-order chi connectivity index (χ1) is 14.3. The van der Waals surface area contributed by atoms with Gasteiger partial charge in [0, 0.05) is 24.7 Å². The molecular weight excluding hydrogens is 397 g/mol. The van der Waals surface area contributed by atoms with Crippen molar-refractivity contribution in [1.29, 1.82) is 0 Å². The molecule has 1 unspecified atom stereocenters. The number of anilines is 1. The van der Waals surface area contributed by atoms with Crippen LogP contribution in [0.25, 0.3) is 0 Å². The van der Waals surface area contributed by atoms with E-state index in [-0.39, 0.29) is 11.3 Å². The maximum atomic E-state index is 13.1. The van der Waals surface area contributed by atoms with Gasteiger partial charge >= 0.3 is 6.18 Å². The topological polar surface area (TPSA) is 59.0 Å². The number of aliphatic imine (C=N–C) groups is 1. The van der Waals surface area contributed by atoms with Crippen LogP contribution in [0.1, 0.15) is 33.8 Å². The fraction of sp³-hybridized carbons (Fsp3) is 0.227. The van der Waals surface area contributed by atoms with E-state index in [9.17, 15) is 22.8 Å². The summed E-state index contributed by atoms with van der Waals surface area (Å²) in [4.78, 5) is 31.1. The van der Waals surface area contributed by atoms with Gasteiger partial charge in [0.05, 0.1) is 30.0 Å². The van der Waals surface area contributed by atoms with Crippen molar-refractivity contribution in [2.24, 2.45) is 4.99 Å². The monoisotopic (exact) mass is 416 g/mol. The number of carbonyl (C=O) groups excluding carboxylic acids is 2. The van der Waals surface area contributed by atoms with Crippen LogP contribution in [0.2, 0.25) is 0 Å². The van der Waals surface area contributed by atoms with Crippen molar-refractivity contribution in [2.45, 2.75) is 18.5 Å². The normalized spacial score (nSPS) is 16.6. The summed E-state index contributed by atoms with van der Waals surface area (Å²) in [5.41, 5.74) is -0.346. The molecule has 5 nitrogen and oxygen atoms in total. The Bertz CT molecular complexity index is 986. The number of fused-ring (bicyclic) bond motifs is 1. The van der Waals surface area contributed by atoms with Crippen LogP contribution >= 0.6 is 0 Å². The molecule has 156 valence electrons. The van der Waals surface area contributed by atoms with E-state index in [0.717, 1.165) is 17.0 Å². The lowest BCUT2D eigenvalue weighted by Gasteiger charge is -2.31. The largest absolute Gasteiger partial charge is 0.502 e. The fourth-order valence-corrected chi connectivity index (χ4v) is 3.17. The molecule has 3 rings (SSSR count). The molecule has 1 atom stereocenters. The molecule has 0 saturated heterocycles. The lowest BCUT2D eigenvalue weighted by Crippen LogP contribution is -2.45. The van der Waals surface area contributed by atoms with Crippen LogP contribution < -0.4 is 4.90 Å². The molecule has 0 aromatic heterocycles. The molecule has 0 radical (unpaired) electrons. The Balaban J connectivity index is 1.95. The van der Waals surface area contributed by atoms with Crippen LogP contribution in [0.5, 0.6) is 0 Å². The average Bonchev–Trinajstić information content (AvgIpc) is 2.72. The van der Waals surface area contributed by atoms with Gasteiger partial charge < -0.3 is 4.74 Å². The first-order valence-corrected chi connectivity index (χ1v) is 9.21. The second kappa shape index (κ2) is 8.94. The van der Waals surface area contributed by atoms with Gasteiger partial charge in [-0.3, -0.25) is 14.6 Å². The number of nitrogens with zero attached hydrogens (tertiary/aromatic N) is 2. The van der Waals surface area contributed by atoms with Crippen LogP contribution in [0, 0.1) is 0 Å². The zero-order valence-electron chi connectivity index (χ0n) is 15.9. The highest BCUT2D eigenvalue weighted by Gasteiger charge is 2.39. The van der Waals surface area contributed by atoms with Gasteiger partial charge in [-0.05, 0) is 29.8 Å². The Morgan fingerprint density at radius 3 is 2.63 bits per heavy atom. The van der Waals surface area contributed by atoms with Crippen molar-refractivity contribution in [3.8, 4) is 0 Å². The van der Waals surface area contributed by atoms with E-state index in [1.54, 1.807) is 24.3 Å². The van der Waals surface area contributed by atoms with Crippen LogP contribution in [0.4, 0.5) is 18.9 Å². The molecule has 0 fully saturated rings. The molecule has 2 aromatic carbocycles. The van der Waals surface area contributed by atoms with E-state index in [1.165, 1.54) is 24.6 Å². The Labute approximate surface area is 171 Å². The van der Waals surface area contributed by atoms with E-state index >= 15 is 0 Å². The molecule has 8 heteroatoms. The highest BCUT2D eigenvalue weighted by atomic mass is 19.4. The van der Waals surface area contributed by atoms with Crippen LogP contribution in [-0.2, 0) is 15.7 Å². The molecule has 0 saturated carbocycles. The standard InChI is InChI=1S/C22H19F3N2O3/c1-2-30-12-6-11-26-14-19-17-9-3-4-10-18(17)20(28)27(21(19)29)16-8-5-7-15(13-16)22(23,24)25/h2-5,7-10,13-14,19H,1,6,11-12H2. The van der Waals surface area contributed by atoms with Gasteiger partial charge in [-0.15, -0.1) is 0 Å². The van der Waals surface area contributed by atoms with E-state index in [0.29, 0.717) is 25.1 Å². The Morgan fingerprint density at radius 2 is 1.90 bits per heavy atom. The number of amides is 2. The van der Waals surface area contributed by atoms with Gasteiger partial charge in [0.25, 0.3) is 5.91 Å². The maximum Gasteiger partial charge on any atom is 0.416 e. The molecule has 2 aromatic rings. The average molecular weight is 416 g/mol. The smallest absolute Gasteiger partial charge is 0.416 e. The van der Waals surface area contributed by atoms with Crippen molar-refractivity contribution >= 4 is 23.7 Å². The quantitative estimate of drug-likeness (QED) is 0.287. The molecule has 1 heterocycles. The van der Waals surface area contributed by atoms with Gasteiger partial charge in [0.15, 0.2) is 0 Å². The third-order valence-corrected chi connectivity index (χ3v) is 4.57. The number of hydrogen-bond donors (Lipinski definition) is 0. The lowest BCUT2D eigenvalue weighted by atomic mass is 9.88. The number of alkyl halides is 3. The number of rotatable bonds is 7. The predicted molar refractivity (Wildman–Crippen MR) is 107 cm³/mol. The second-order valence-corrected chi connectivity index (χ2v) is 6.54. The molecule has 30 heavy (non-hydrogen) atoms. The maximum absolute atomic E-state index is 13.1. The Morgan fingerprint density at radius 1 is 1.13 bits per heavy atom. The van der Waals surface area contributed by atoms with Crippen LogP contribution in [0.3, 0.4) is 0 Å². The number of ether oxygens (including phenoxy) is 1. The summed E-state index contributed by atoms with van der Waals surface area (Å²) in [5, 5.41) is 0.